The summed E-state index contributed by atoms with van der Waals surface area (Å²) in [5, 5.41) is 5.70. The highest BCUT2D eigenvalue weighted by atomic mass is 28.3. The van der Waals surface area contributed by atoms with Gasteiger partial charge in [-0.05, 0) is 24.4 Å². The minimum absolute atomic E-state index is 0.0315. The van der Waals surface area contributed by atoms with E-state index in [0.29, 0.717) is 30.5 Å². The second kappa shape index (κ2) is 9.78. The van der Waals surface area contributed by atoms with Gasteiger partial charge < -0.3 is 19.5 Å². The summed E-state index contributed by atoms with van der Waals surface area (Å²) in [6.07, 6.45) is 4.27. The molecule has 2 N–H and O–H groups in total. The van der Waals surface area contributed by atoms with Crippen LogP contribution in [0.25, 0.3) is 11.2 Å². The SMILES string of the molecule is CC(=O)N1CC(C)C[C@@H](NC(=O)Nc2cnc3c(ccn3COCC[Si](C)(C)C)n2)C1. The monoisotopic (exact) mass is 446 g/mol. The van der Waals surface area contributed by atoms with Crippen LogP contribution in [-0.4, -0.2) is 65.2 Å². The fourth-order valence-corrected chi connectivity index (χ4v) is 4.47. The first-order chi connectivity index (χ1) is 14.6. The average molecular weight is 447 g/mol. The van der Waals surface area contributed by atoms with Crippen LogP contribution in [0.4, 0.5) is 10.6 Å². The van der Waals surface area contributed by atoms with E-state index in [9.17, 15) is 9.59 Å². The van der Waals surface area contributed by atoms with Crippen molar-refractivity contribution in [1.29, 1.82) is 0 Å². The Morgan fingerprint density at radius 3 is 2.77 bits per heavy atom. The molecule has 2 aromatic heterocycles. The Balaban J connectivity index is 1.55. The van der Waals surface area contributed by atoms with Crippen molar-refractivity contribution in [3.63, 3.8) is 0 Å². The molecule has 1 aliphatic heterocycles. The number of carbonyl (C=O) groups is 2. The molecule has 9 nitrogen and oxygen atoms in total. The van der Waals surface area contributed by atoms with Gasteiger partial charge in [-0.25, -0.2) is 14.8 Å². The number of rotatable bonds is 7. The predicted molar refractivity (Wildman–Crippen MR) is 124 cm³/mol. The second-order valence-corrected chi connectivity index (χ2v) is 15.3. The van der Waals surface area contributed by atoms with Gasteiger partial charge in [-0.15, -0.1) is 0 Å². The first kappa shape index (κ1) is 23.2. The third-order valence-electron chi connectivity index (χ3n) is 5.37. The molecule has 1 aliphatic rings. The molecule has 2 atom stereocenters. The number of ether oxygens (including phenoxy) is 1. The van der Waals surface area contributed by atoms with Crippen molar-refractivity contribution in [2.75, 3.05) is 25.0 Å². The number of carbonyl (C=O) groups excluding carboxylic acids is 2. The van der Waals surface area contributed by atoms with Gasteiger partial charge in [0.1, 0.15) is 12.2 Å². The second-order valence-electron chi connectivity index (χ2n) is 9.66. The van der Waals surface area contributed by atoms with Gasteiger partial charge in [-0.1, -0.05) is 26.6 Å². The maximum absolute atomic E-state index is 12.4. The molecule has 3 rings (SSSR count). The number of likely N-dealkylation sites (tertiary alicyclic amines) is 1. The summed E-state index contributed by atoms with van der Waals surface area (Å²) >= 11 is 0. The van der Waals surface area contributed by atoms with Gasteiger partial charge in [0.15, 0.2) is 11.5 Å². The number of aromatic nitrogens is 3. The highest BCUT2D eigenvalue weighted by molar-refractivity contribution is 6.76. The molecule has 0 spiro atoms. The quantitative estimate of drug-likeness (QED) is 0.503. The molecular formula is C21H34N6O3Si. The Morgan fingerprint density at radius 2 is 2.06 bits per heavy atom. The Hall–Kier alpha value is -2.46. The molecule has 1 unspecified atom stereocenters. The highest BCUT2D eigenvalue weighted by Gasteiger charge is 2.27. The number of piperidine rings is 1. The third kappa shape index (κ3) is 6.76. The van der Waals surface area contributed by atoms with Gasteiger partial charge in [0.25, 0.3) is 0 Å². The number of amides is 3. The third-order valence-corrected chi connectivity index (χ3v) is 7.08. The van der Waals surface area contributed by atoms with E-state index in [-0.39, 0.29) is 18.0 Å². The maximum Gasteiger partial charge on any atom is 0.320 e. The van der Waals surface area contributed by atoms with Gasteiger partial charge in [-0.2, -0.15) is 0 Å². The van der Waals surface area contributed by atoms with Crippen LogP contribution in [0.15, 0.2) is 18.5 Å². The van der Waals surface area contributed by atoms with Gasteiger partial charge in [0.05, 0.1) is 6.20 Å². The van der Waals surface area contributed by atoms with E-state index >= 15 is 0 Å². The molecule has 1 saturated heterocycles. The zero-order valence-corrected chi connectivity index (χ0v) is 20.1. The summed E-state index contributed by atoms with van der Waals surface area (Å²) in [5.41, 5.74) is 1.41. The molecule has 0 aliphatic carbocycles. The standard InChI is InChI=1S/C21H34N6O3Si/c1-15-10-17(13-27(12-15)16(2)28)23-21(29)25-19-11-22-20-18(24-19)6-7-26(20)14-30-8-9-31(3,4)5/h6-7,11,15,17H,8-10,12-14H2,1-5H3,(H2,23,24,25,29)/t15?,17-/m1/s1. The van der Waals surface area contributed by atoms with Crippen molar-refractivity contribution in [1.82, 2.24) is 24.8 Å². The molecule has 10 heteroatoms. The van der Waals surface area contributed by atoms with E-state index < -0.39 is 8.07 Å². The summed E-state index contributed by atoms with van der Waals surface area (Å²) in [6, 6.07) is 2.55. The van der Waals surface area contributed by atoms with Crippen LogP contribution in [0.2, 0.25) is 25.7 Å². The minimum atomic E-state index is -1.11. The number of urea groups is 1. The smallest absolute Gasteiger partial charge is 0.320 e. The van der Waals surface area contributed by atoms with Crippen molar-refractivity contribution in [3.8, 4) is 0 Å². The van der Waals surface area contributed by atoms with Crippen LogP contribution < -0.4 is 10.6 Å². The molecular weight excluding hydrogens is 412 g/mol. The van der Waals surface area contributed by atoms with Crippen molar-refractivity contribution in [2.45, 2.75) is 58.7 Å². The van der Waals surface area contributed by atoms with E-state index in [0.717, 1.165) is 31.3 Å². The summed E-state index contributed by atoms with van der Waals surface area (Å²) < 4.78 is 7.71. The Morgan fingerprint density at radius 1 is 1.29 bits per heavy atom. The largest absolute Gasteiger partial charge is 0.361 e. The van der Waals surface area contributed by atoms with Crippen LogP contribution in [0.5, 0.6) is 0 Å². The van der Waals surface area contributed by atoms with Crippen LogP contribution in [0.1, 0.15) is 20.3 Å². The van der Waals surface area contributed by atoms with E-state index in [4.69, 9.17) is 4.74 Å². The zero-order valence-electron chi connectivity index (χ0n) is 19.1. The van der Waals surface area contributed by atoms with Crippen LogP contribution in [-0.2, 0) is 16.3 Å². The average Bonchev–Trinajstić information content (AvgIpc) is 3.06. The van der Waals surface area contributed by atoms with Crippen molar-refractivity contribution >= 4 is 37.0 Å². The van der Waals surface area contributed by atoms with E-state index in [1.54, 1.807) is 18.0 Å². The van der Waals surface area contributed by atoms with Crippen molar-refractivity contribution in [2.24, 2.45) is 5.92 Å². The molecule has 2 aromatic rings. The molecule has 0 saturated carbocycles. The summed E-state index contributed by atoms with van der Waals surface area (Å²) in [5.74, 6) is 0.755. The Bertz CT molecular complexity index is 925. The fourth-order valence-electron chi connectivity index (χ4n) is 3.72. The molecule has 0 bridgehead atoms. The van der Waals surface area contributed by atoms with Crippen molar-refractivity contribution < 1.29 is 14.3 Å². The fraction of sp³-hybridized carbons (Fsp3) is 0.619. The molecule has 1 fully saturated rings. The number of fused-ring (bicyclic) bond motifs is 1. The lowest BCUT2D eigenvalue weighted by Gasteiger charge is -2.36. The van der Waals surface area contributed by atoms with Crippen LogP contribution >= 0.6 is 0 Å². The molecule has 3 amide bonds. The van der Waals surface area contributed by atoms with Crippen LogP contribution in [0.3, 0.4) is 0 Å². The number of hydrogen-bond acceptors (Lipinski definition) is 5. The number of hydrogen-bond donors (Lipinski definition) is 2. The number of nitrogens with zero attached hydrogens (tertiary/aromatic N) is 4. The maximum atomic E-state index is 12.4. The molecule has 3 heterocycles. The predicted octanol–water partition coefficient (Wildman–Crippen LogP) is 3.12. The lowest BCUT2D eigenvalue weighted by molar-refractivity contribution is -0.130. The van der Waals surface area contributed by atoms with E-state index in [2.05, 4.69) is 47.2 Å². The molecule has 0 radical (unpaired) electrons. The molecule has 31 heavy (non-hydrogen) atoms. The normalized spacial score (nSPS) is 19.5. The van der Waals surface area contributed by atoms with Gasteiger partial charge in [0, 0.05) is 46.9 Å². The molecule has 170 valence electrons. The lowest BCUT2D eigenvalue weighted by Crippen LogP contribution is -2.52. The van der Waals surface area contributed by atoms with Gasteiger partial charge in [-0.3, -0.25) is 10.1 Å². The first-order valence-electron chi connectivity index (χ1n) is 10.8. The minimum Gasteiger partial charge on any atom is -0.361 e. The summed E-state index contributed by atoms with van der Waals surface area (Å²) in [7, 11) is -1.11. The van der Waals surface area contributed by atoms with Gasteiger partial charge in [0.2, 0.25) is 5.91 Å². The van der Waals surface area contributed by atoms with E-state index in [1.807, 2.05) is 16.8 Å². The zero-order chi connectivity index (χ0) is 22.6. The first-order valence-corrected chi connectivity index (χ1v) is 14.5. The summed E-state index contributed by atoms with van der Waals surface area (Å²) in [4.78, 5) is 34.8. The number of anilines is 1. The lowest BCUT2D eigenvalue weighted by atomic mass is 9.96. The topological polar surface area (TPSA) is 101 Å². The highest BCUT2D eigenvalue weighted by Crippen LogP contribution is 2.17. The van der Waals surface area contributed by atoms with Crippen LogP contribution in [0, 0.1) is 5.92 Å². The van der Waals surface area contributed by atoms with E-state index in [1.165, 1.54) is 0 Å². The van der Waals surface area contributed by atoms with Gasteiger partial charge >= 0.3 is 6.03 Å². The Kier molecular flexibility index (Phi) is 7.32. The summed E-state index contributed by atoms with van der Waals surface area (Å²) in [6.45, 7) is 13.0. The van der Waals surface area contributed by atoms with Crippen molar-refractivity contribution in [3.05, 3.63) is 18.5 Å². The Labute approximate surface area is 184 Å². The number of nitrogens with one attached hydrogen (secondary N) is 2. The molecule has 0 aromatic carbocycles.